The van der Waals surface area contributed by atoms with Crippen molar-refractivity contribution in [3.05, 3.63) is 64.2 Å². The number of carbonyl (C=O) groups is 1. The molecular formula is C20H20ClN3OS. The Hall–Kier alpha value is -2.11. The Morgan fingerprint density at radius 2 is 1.77 bits per heavy atom. The van der Waals surface area contributed by atoms with Crippen molar-refractivity contribution in [2.45, 2.75) is 31.2 Å². The van der Waals surface area contributed by atoms with E-state index in [1.165, 1.54) is 17.3 Å². The summed E-state index contributed by atoms with van der Waals surface area (Å²) >= 11 is 7.36. The first kappa shape index (κ1) is 18.7. The van der Waals surface area contributed by atoms with Gasteiger partial charge in [0, 0.05) is 23.2 Å². The van der Waals surface area contributed by atoms with Crippen molar-refractivity contribution in [2.75, 3.05) is 0 Å². The number of hydrogen-bond donors (Lipinski definition) is 0. The standard InChI is InChI=1S/C20H20ClN3OS/c1-12-5-6-16(11-13(12)2)18(25)14(3)26-20-23-22-19(24(20)4)15-7-9-17(21)10-8-15/h5-11,14H,1-4H3. The number of aryl methyl sites for hydroxylation is 2. The lowest BCUT2D eigenvalue weighted by atomic mass is 10.0. The van der Waals surface area contributed by atoms with Crippen molar-refractivity contribution < 1.29 is 4.79 Å². The molecular weight excluding hydrogens is 366 g/mol. The molecule has 6 heteroatoms. The van der Waals surface area contributed by atoms with E-state index in [0.29, 0.717) is 10.2 Å². The lowest BCUT2D eigenvalue weighted by Gasteiger charge is -2.11. The summed E-state index contributed by atoms with van der Waals surface area (Å²) in [6, 6.07) is 13.3. The number of ketones is 1. The Morgan fingerprint density at radius 1 is 1.08 bits per heavy atom. The maximum absolute atomic E-state index is 12.7. The van der Waals surface area contributed by atoms with Crippen LogP contribution in [0.3, 0.4) is 0 Å². The average molecular weight is 386 g/mol. The molecule has 0 fully saturated rings. The lowest BCUT2D eigenvalue weighted by Crippen LogP contribution is -2.14. The van der Waals surface area contributed by atoms with Gasteiger partial charge in [-0.1, -0.05) is 35.5 Å². The summed E-state index contributed by atoms with van der Waals surface area (Å²) in [5.41, 5.74) is 3.97. The molecule has 0 bridgehead atoms. The lowest BCUT2D eigenvalue weighted by molar-refractivity contribution is 0.0993. The number of benzene rings is 2. The molecule has 0 N–H and O–H groups in total. The van der Waals surface area contributed by atoms with Gasteiger partial charge in [-0.2, -0.15) is 0 Å². The molecule has 134 valence electrons. The highest BCUT2D eigenvalue weighted by molar-refractivity contribution is 8.00. The van der Waals surface area contributed by atoms with Gasteiger partial charge in [-0.25, -0.2) is 0 Å². The van der Waals surface area contributed by atoms with Gasteiger partial charge in [0.05, 0.1) is 5.25 Å². The molecule has 4 nitrogen and oxygen atoms in total. The summed E-state index contributed by atoms with van der Waals surface area (Å²) in [4.78, 5) is 12.7. The monoisotopic (exact) mass is 385 g/mol. The second-order valence-electron chi connectivity index (χ2n) is 6.30. The number of Topliss-reactive ketones (excluding diaryl/α,β-unsaturated/α-hetero) is 1. The molecule has 0 spiro atoms. The van der Waals surface area contributed by atoms with Crippen molar-refractivity contribution in [2.24, 2.45) is 7.05 Å². The average Bonchev–Trinajstić information content (AvgIpc) is 2.98. The van der Waals surface area contributed by atoms with E-state index in [4.69, 9.17) is 11.6 Å². The second-order valence-corrected chi connectivity index (χ2v) is 8.04. The van der Waals surface area contributed by atoms with E-state index >= 15 is 0 Å². The van der Waals surface area contributed by atoms with Gasteiger partial charge < -0.3 is 4.57 Å². The highest BCUT2D eigenvalue weighted by atomic mass is 35.5. The van der Waals surface area contributed by atoms with Gasteiger partial charge in [-0.05, 0) is 62.2 Å². The van der Waals surface area contributed by atoms with E-state index in [-0.39, 0.29) is 11.0 Å². The number of halogens is 1. The first-order chi connectivity index (χ1) is 12.4. The molecule has 0 aliphatic heterocycles. The number of aromatic nitrogens is 3. The summed E-state index contributed by atoms with van der Waals surface area (Å²) < 4.78 is 1.90. The van der Waals surface area contributed by atoms with Crippen LogP contribution in [0.15, 0.2) is 47.6 Å². The Morgan fingerprint density at radius 3 is 2.42 bits per heavy atom. The van der Waals surface area contributed by atoms with Crippen molar-refractivity contribution in [3.63, 3.8) is 0 Å². The smallest absolute Gasteiger partial charge is 0.191 e. The topological polar surface area (TPSA) is 47.8 Å². The molecule has 0 saturated carbocycles. The maximum Gasteiger partial charge on any atom is 0.191 e. The first-order valence-corrected chi connectivity index (χ1v) is 9.56. The van der Waals surface area contributed by atoms with Crippen molar-refractivity contribution >= 4 is 29.1 Å². The van der Waals surface area contributed by atoms with E-state index in [0.717, 1.165) is 22.5 Å². The normalized spacial score (nSPS) is 12.2. The Kier molecular flexibility index (Phi) is 5.49. The molecule has 1 atom stereocenters. The third-order valence-electron chi connectivity index (χ3n) is 4.38. The third-order valence-corrected chi connectivity index (χ3v) is 5.77. The third kappa shape index (κ3) is 3.84. The van der Waals surface area contributed by atoms with E-state index in [1.807, 2.05) is 74.9 Å². The van der Waals surface area contributed by atoms with Crippen LogP contribution in [0.1, 0.15) is 28.4 Å². The Bertz CT molecular complexity index is 950. The number of nitrogens with zero attached hydrogens (tertiary/aromatic N) is 3. The minimum absolute atomic E-state index is 0.0918. The van der Waals surface area contributed by atoms with Crippen LogP contribution in [0.25, 0.3) is 11.4 Å². The van der Waals surface area contributed by atoms with Gasteiger partial charge >= 0.3 is 0 Å². The predicted molar refractivity (Wildman–Crippen MR) is 107 cm³/mol. The molecule has 0 amide bonds. The molecule has 0 aliphatic carbocycles. The van der Waals surface area contributed by atoms with Gasteiger partial charge in [0.15, 0.2) is 16.8 Å². The fourth-order valence-corrected chi connectivity index (χ4v) is 3.63. The van der Waals surface area contributed by atoms with Crippen LogP contribution in [0.2, 0.25) is 5.02 Å². The van der Waals surface area contributed by atoms with E-state index in [9.17, 15) is 4.79 Å². The molecule has 1 heterocycles. The Labute approximate surface area is 162 Å². The molecule has 3 aromatic rings. The van der Waals surface area contributed by atoms with Crippen LogP contribution < -0.4 is 0 Å². The van der Waals surface area contributed by atoms with Crippen molar-refractivity contribution in [1.82, 2.24) is 14.8 Å². The zero-order valence-electron chi connectivity index (χ0n) is 15.2. The number of carbonyl (C=O) groups excluding carboxylic acids is 1. The van der Waals surface area contributed by atoms with Crippen LogP contribution in [0.5, 0.6) is 0 Å². The van der Waals surface area contributed by atoms with Crippen LogP contribution >= 0.6 is 23.4 Å². The Balaban J connectivity index is 1.79. The summed E-state index contributed by atoms with van der Waals surface area (Å²) in [5, 5.41) is 9.65. The molecule has 1 unspecified atom stereocenters. The van der Waals surface area contributed by atoms with Gasteiger partial charge in [0.25, 0.3) is 0 Å². The summed E-state index contributed by atoms with van der Waals surface area (Å²) in [6.45, 7) is 5.96. The molecule has 26 heavy (non-hydrogen) atoms. The molecule has 1 aromatic heterocycles. The van der Waals surface area contributed by atoms with Crippen LogP contribution in [0.4, 0.5) is 0 Å². The SMILES string of the molecule is Cc1ccc(C(=O)C(C)Sc2nnc(-c3ccc(Cl)cc3)n2C)cc1C. The summed E-state index contributed by atoms with van der Waals surface area (Å²) in [6.07, 6.45) is 0. The van der Waals surface area contributed by atoms with Crippen LogP contribution in [-0.2, 0) is 7.05 Å². The maximum atomic E-state index is 12.7. The predicted octanol–water partition coefficient (Wildman–Crippen LogP) is 5.12. The fourth-order valence-electron chi connectivity index (χ4n) is 2.61. The molecule has 0 radical (unpaired) electrons. The summed E-state index contributed by atoms with van der Waals surface area (Å²) in [5.74, 6) is 0.837. The molecule has 0 saturated heterocycles. The molecule has 2 aromatic carbocycles. The van der Waals surface area contributed by atoms with E-state index in [1.54, 1.807) is 0 Å². The van der Waals surface area contributed by atoms with Crippen molar-refractivity contribution in [1.29, 1.82) is 0 Å². The van der Waals surface area contributed by atoms with Gasteiger partial charge in [-0.15, -0.1) is 10.2 Å². The first-order valence-electron chi connectivity index (χ1n) is 8.30. The van der Waals surface area contributed by atoms with Gasteiger partial charge in [0.2, 0.25) is 0 Å². The number of hydrogen-bond acceptors (Lipinski definition) is 4. The van der Waals surface area contributed by atoms with Crippen LogP contribution in [0, 0.1) is 13.8 Å². The zero-order chi connectivity index (χ0) is 18.8. The zero-order valence-corrected chi connectivity index (χ0v) is 16.7. The van der Waals surface area contributed by atoms with Gasteiger partial charge in [0.1, 0.15) is 0 Å². The van der Waals surface area contributed by atoms with E-state index < -0.39 is 0 Å². The number of thioether (sulfide) groups is 1. The highest BCUT2D eigenvalue weighted by Gasteiger charge is 2.21. The van der Waals surface area contributed by atoms with Gasteiger partial charge in [-0.3, -0.25) is 4.79 Å². The molecule has 0 aliphatic rings. The van der Waals surface area contributed by atoms with Crippen molar-refractivity contribution in [3.8, 4) is 11.4 Å². The quantitative estimate of drug-likeness (QED) is 0.452. The minimum atomic E-state index is -0.252. The summed E-state index contributed by atoms with van der Waals surface area (Å²) in [7, 11) is 1.90. The highest BCUT2D eigenvalue weighted by Crippen LogP contribution is 2.28. The second kappa shape index (κ2) is 7.64. The van der Waals surface area contributed by atoms with Crippen LogP contribution in [-0.4, -0.2) is 25.8 Å². The fraction of sp³-hybridized carbons (Fsp3) is 0.250. The largest absolute Gasteiger partial charge is 0.305 e. The minimum Gasteiger partial charge on any atom is -0.305 e. The number of rotatable bonds is 5. The molecule has 3 rings (SSSR count). The van der Waals surface area contributed by atoms with E-state index in [2.05, 4.69) is 10.2 Å².